The molecule has 0 spiro atoms. The highest BCUT2D eigenvalue weighted by atomic mass is 79.9. The van der Waals surface area contributed by atoms with Crippen LogP contribution in [0.25, 0.3) is 0 Å². The van der Waals surface area contributed by atoms with Gasteiger partial charge in [0.2, 0.25) is 0 Å². The maximum Gasteiger partial charge on any atom is 0.133 e. The Hall–Kier alpha value is -1.06. The lowest BCUT2D eigenvalue weighted by atomic mass is 10.0. The average molecular weight is 372 g/mol. The molecule has 4 heteroatoms. The molecular weight excluding hydrogens is 355 g/mol. The van der Waals surface area contributed by atoms with Gasteiger partial charge in [0.25, 0.3) is 0 Å². The predicted molar refractivity (Wildman–Crippen MR) is 88.8 cm³/mol. The molecule has 0 N–H and O–H groups in total. The smallest absolute Gasteiger partial charge is 0.133 e. The van der Waals surface area contributed by atoms with Gasteiger partial charge >= 0.3 is 0 Å². The molecule has 0 radical (unpaired) electrons. The number of benzene rings is 2. The van der Waals surface area contributed by atoms with Crippen LogP contribution in [0, 0.1) is 12.7 Å². The van der Waals surface area contributed by atoms with Gasteiger partial charge in [-0.15, -0.1) is 11.6 Å². The van der Waals surface area contributed by atoms with E-state index < -0.39 is 5.38 Å². The van der Waals surface area contributed by atoms with Crippen LogP contribution >= 0.6 is 27.5 Å². The fourth-order valence-corrected chi connectivity index (χ4v) is 2.84. The number of hydrogen-bond acceptors (Lipinski definition) is 1. The first-order valence-electron chi connectivity index (χ1n) is 6.85. The number of hydrogen-bond donors (Lipinski definition) is 0. The molecule has 2 rings (SSSR count). The summed E-state index contributed by atoms with van der Waals surface area (Å²) >= 11 is 9.89. The van der Waals surface area contributed by atoms with Crippen LogP contribution < -0.4 is 4.74 Å². The zero-order valence-corrected chi connectivity index (χ0v) is 14.3. The van der Waals surface area contributed by atoms with Gasteiger partial charge in [-0.05, 0) is 58.6 Å². The average Bonchev–Trinajstić information content (AvgIpc) is 2.45. The molecule has 0 aliphatic heterocycles. The highest BCUT2D eigenvalue weighted by Crippen LogP contribution is 2.35. The van der Waals surface area contributed by atoms with Gasteiger partial charge in [0.1, 0.15) is 11.6 Å². The van der Waals surface area contributed by atoms with E-state index in [2.05, 4.69) is 22.9 Å². The van der Waals surface area contributed by atoms with E-state index in [0.717, 1.165) is 27.8 Å². The Balaban J connectivity index is 2.27. The molecule has 0 aliphatic carbocycles. The second kappa shape index (κ2) is 7.28. The largest absolute Gasteiger partial charge is 0.492 e. The van der Waals surface area contributed by atoms with E-state index in [1.807, 2.05) is 31.2 Å². The van der Waals surface area contributed by atoms with E-state index in [9.17, 15) is 4.39 Å². The van der Waals surface area contributed by atoms with Gasteiger partial charge in [0.05, 0.1) is 16.5 Å². The van der Waals surface area contributed by atoms with Gasteiger partial charge in [-0.3, -0.25) is 0 Å². The second-order valence-electron chi connectivity index (χ2n) is 4.93. The van der Waals surface area contributed by atoms with Gasteiger partial charge < -0.3 is 4.74 Å². The van der Waals surface area contributed by atoms with Crippen LogP contribution in [0.4, 0.5) is 4.39 Å². The summed E-state index contributed by atoms with van der Waals surface area (Å²) in [6, 6.07) is 10.7. The molecule has 0 amide bonds. The fraction of sp³-hybridized carbons (Fsp3) is 0.294. The van der Waals surface area contributed by atoms with Crippen molar-refractivity contribution in [3.05, 3.63) is 63.4 Å². The minimum Gasteiger partial charge on any atom is -0.492 e. The lowest BCUT2D eigenvalue weighted by molar-refractivity contribution is 0.315. The van der Waals surface area contributed by atoms with Gasteiger partial charge in [0, 0.05) is 5.56 Å². The molecule has 1 unspecified atom stereocenters. The molecule has 0 fully saturated rings. The maximum absolute atomic E-state index is 14.0. The summed E-state index contributed by atoms with van der Waals surface area (Å²) in [6.45, 7) is 4.57. The van der Waals surface area contributed by atoms with Crippen molar-refractivity contribution in [3.63, 3.8) is 0 Å². The Bertz CT molecular complexity index is 630. The molecule has 0 bridgehead atoms. The molecule has 0 saturated heterocycles. The highest BCUT2D eigenvalue weighted by Gasteiger charge is 2.16. The lowest BCUT2D eigenvalue weighted by Gasteiger charge is -2.14. The van der Waals surface area contributed by atoms with E-state index >= 15 is 0 Å². The van der Waals surface area contributed by atoms with Crippen LogP contribution in [0.3, 0.4) is 0 Å². The number of ether oxygens (including phenoxy) is 1. The minimum absolute atomic E-state index is 0.280. The van der Waals surface area contributed by atoms with Gasteiger partial charge in [-0.1, -0.05) is 25.1 Å². The topological polar surface area (TPSA) is 9.23 Å². The van der Waals surface area contributed by atoms with Crippen LogP contribution in [-0.2, 0) is 0 Å². The molecule has 1 atom stereocenters. The van der Waals surface area contributed by atoms with Crippen molar-refractivity contribution in [2.24, 2.45) is 0 Å². The summed E-state index contributed by atoms with van der Waals surface area (Å²) in [5, 5.41) is -0.526. The molecule has 0 aliphatic rings. The molecular formula is C17H17BrClFO. The van der Waals surface area contributed by atoms with Crippen molar-refractivity contribution < 1.29 is 9.13 Å². The molecule has 2 aromatic carbocycles. The number of aryl methyl sites for hydroxylation is 1. The number of alkyl halides is 1. The van der Waals surface area contributed by atoms with E-state index in [4.69, 9.17) is 16.3 Å². The zero-order chi connectivity index (χ0) is 15.4. The standard InChI is InChI=1S/C17H17BrClFO/c1-3-8-21-16-7-5-12(10-14(16)18)17(19)13-6-4-11(2)9-15(13)20/h4-7,9-10,17H,3,8H2,1-2H3. The summed E-state index contributed by atoms with van der Waals surface area (Å²) in [4.78, 5) is 0. The van der Waals surface area contributed by atoms with E-state index in [0.29, 0.717) is 12.2 Å². The molecule has 112 valence electrons. The first-order valence-corrected chi connectivity index (χ1v) is 8.08. The molecule has 1 nitrogen and oxygen atoms in total. The van der Waals surface area contributed by atoms with Crippen LogP contribution in [0.5, 0.6) is 5.75 Å². The first-order chi connectivity index (χ1) is 10.0. The van der Waals surface area contributed by atoms with Gasteiger partial charge in [-0.25, -0.2) is 4.39 Å². The Morgan fingerprint density at radius 1 is 1.24 bits per heavy atom. The van der Waals surface area contributed by atoms with Crippen molar-refractivity contribution in [2.75, 3.05) is 6.61 Å². The summed E-state index contributed by atoms with van der Waals surface area (Å²) in [7, 11) is 0. The van der Waals surface area contributed by atoms with Crippen molar-refractivity contribution in [2.45, 2.75) is 25.6 Å². The van der Waals surface area contributed by atoms with Gasteiger partial charge in [0.15, 0.2) is 0 Å². The quantitative estimate of drug-likeness (QED) is 0.584. The lowest BCUT2D eigenvalue weighted by Crippen LogP contribution is -2.00. The van der Waals surface area contributed by atoms with Crippen molar-refractivity contribution in [3.8, 4) is 5.75 Å². The number of rotatable bonds is 5. The Kier molecular flexibility index (Phi) is 5.65. The van der Waals surface area contributed by atoms with Crippen molar-refractivity contribution >= 4 is 27.5 Å². The number of halogens is 3. The Labute approximate surface area is 138 Å². The minimum atomic E-state index is -0.526. The maximum atomic E-state index is 14.0. The normalized spacial score (nSPS) is 12.2. The molecule has 2 aromatic rings. The van der Waals surface area contributed by atoms with Crippen LogP contribution in [-0.4, -0.2) is 6.61 Å². The van der Waals surface area contributed by atoms with Crippen LogP contribution in [0.2, 0.25) is 0 Å². The Morgan fingerprint density at radius 3 is 2.62 bits per heavy atom. The van der Waals surface area contributed by atoms with Crippen LogP contribution in [0.15, 0.2) is 40.9 Å². The van der Waals surface area contributed by atoms with E-state index in [1.165, 1.54) is 6.07 Å². The molecule has 0 saturated carbocycles. The highest BCUT2D eigenvalue weighted by molar-refractivity contribution is 9.10. The predicted octanol–water partition coefficient (Wildman–Crippen LogP) is 6.01. The monoisotopic (exact) mass is 370 g/mol. The zero-order valence-electron chi connectivity index (χ0n) is 12.0. The van der Waals surface area contributed by atoms with Crippen LogP contribution in [0.1, 0.15) is 35.4 Å². The summed E-state index contributed by atoms with van der Waals surface area (Å²) in [6.07, 6.45) is 0.945. The Morgan fingerprint density at radius 2 is 2.00 bits per heavy atom. The third-order valence-electron chi connectivity index (χ3n) is 3.14. The SMILES string of the molecule is CCCOc1ccc(C(Cl)c2ccc(C)cc2F)cc1Br. The molecule has 0 aromatic heterocycles. The second-order valence-corrected chi connectivity index (χ2v) is 6.22. The van der Waals surface area contributed by atoms with E-state index in [-0.39, 0.29) is 5.82 Å². The third-order valence-corrected chi connectivity index (χ3v) is 4.25. The molecule has 0 heterocycles. The van der Waals surface area contributed by atoms with E-state index in [1.54, 1.807) is 6.07 Å². The van der Waals surface area contributed by atoms with Crippen molar-refractivity contribution in [1.82, 2.24) is 0 Å². The molecule has 21 heavy (non-hydrogen) atoms. The third kappa shape index (κ3) is 3.98. The summed E-state index contributed by atoms with van der Waals surface area (Å²) in [5.74, 6) is 0.492. The summed E-state index contributed by atoms with van der Waals surface area (Å²) < 4.78 is 20.4. The summed E-state index contributed by atoms with van der Waals surface area (Å²) in [5.41, 5.74) is 2.19. The van der Waals surface area contributed by atoms with Crippen molar-refractivity contribution in [1.29, 1.82) is 0 Å². The first kappa shape index (κ1) is 16.3. The fourth-order valence-electron chi connectivity index (χ4n) is 2.02. The van der Waals surface area contributed by atoms with Gasteiger partial charge in [-0.2, -0.15) is 0 Å².